The van der Waals surface area contributed by atoms with Gasteiger partial charge in [0.2, 0.25) is 0 Å². The summed E-state index contributed by atoms with van der Waals surface area (Å²) in [6.07, 6.45) is 5.71. The molecule has 0 saturated carbocycles. The van der Waals surface area contributed by atoms with E-state index < -0.39 is 0 Å². The molecule has 1 unspecified atom stereocenters. The highest BCUT2D eigenvalue weighted by Crippen LogP contribution is 2.18. The zero-order chi connectivity index (χ0) is 9.90. The van der Waals surface area contributed by atoms with E-state index in [4.69, 9.17) is 11.5 Å². The first-order chi connectivity index (χ1) is 5.99. The number of aromatic amines is 1. The lowest BCUT2D eigenvalue weighted by molar-refractivity contribution is 0.433. The van der Waals surface area contributed by atoms with E-state index >= 15 is 0 Å². The fourth-order valence-corrected chi connectivity index (χ4v) is 1.26. The molecule has 1 heterocycles. The first kappa shape index (κ1) is 10.3. The Balaban J connectivity index is 2.39. The van der Waals surface area contributed by atoms with Crippen LogP contribution >= 0.6 is 0 Å². The van der Waals surface area contributed by atoms with Crippen molar-refractivity contribution in [1.29, 1.82) is 0 Å². The summed E-state index contributed by atoms with van der Waals surface area (Å²) < 4.78 is 0. The van der Waals surface area contributed by atoms with Crippen molar-refractivity contribution in [2.24, 2.45) is 11.5 Å². The second-order valence-corrected chi connectivity index (χ2v) is 4.28. The Morgan fingerprint density at radius 3 is 2.69 bits per heavy atom. The van der Waals surface area contributed by atoms with Crippen LogP contribution in [0.25, 0.3) is 0 Å². The molecule has 3 heteroatoms. The first-order valence-corrected chi connectivity index (χ1v) is 4.66. The van der Waals surface area contributed by atoms with Crippen molar-refractivity contribution in [3.05, 3.63) is 24.0 Å². The summed E-state index contributed by atoms with van der Waals surface area (Å²) in [5.74, 6) is 0. The molecule has 0 aliphatic heterocycles. The monoisotopic (exact) mass is 181 g/mol. The lowest BCUT2D eigenvalue weighted by atomic mass is 9.95. The minimum Gasteiger partial charge on any atom is -0.367 e. The summed E-state index contributed by atoms with van der Waals surface area (Å²) in [6, 6.07) is 2.11. The number of nitrogens with one attached hydrogen (secondary N) is 1. The minimum absolute atomic E-state index is 0.106. The number of nitrogens with two attached hydrogens (primary N) is 2. The van der Waals surface area contributed by atoms with Gasteiger partial charge in [-0.15, -0.1) is 0 Å². The molecule has 1 atom stereocenters. The lowest BCUT2D eigenvalue weighted by Gasteiger charge is -2.20. The number of rotatable bonds is 4. The van der Waals surface area contributed by atoms with Gasteiger partial charge in [-0.25, -0.2) is 0 Å². The van der Waals surface area contributed by atoms with Crippen LogP contribution in [0.3, 0.4) is 0 Å². The van der Waals surface area contributed by atoms with Crippen molar-refractivity contribution >= 4 is 0 Å². The van der Waals surface area contributed by atoms with Crippen molar-refractivity contribution in [3.63, 3.8) is 0 Å². The maximum Gasteiger partial charge on any atom is 0.0310 e. The van der Waals surface area contributed by atoms with Gasteiger partial charge >= 0.3 is 0 Å². The molecule has 74 valence electrons. The average Bonchev–Trinajstić information content (AvgIpc) is 2.50. The third-order valence-corrected chi connectivity index (χ3v) is 2.15. The Kier molecular flexibility index (Phi) is 3.12. The molecule has 1 aromatic heterocycles. The molecule has 0 aromatic carbocycles. The van der Waals surface area contributed by atoms with Gasteiger partial charge < -0.3 is 16.5 Å². The highest BCUT2D eigenvalue weighted by Gasteiger charge is 2.14. The fourth-order valence-electron chi connectivity index (χ4n) is 1.26. The minimum atomic E-state index is -0.117. The maximum absolute atomic E-state index is 5.97. The number of hydrogen-bond acceptors (Lipinski definition) is 2. The Morgan fingerprint density at radius 2 is 2.23 bits per heavy atom. The van der Waals surface area contributed by atoms with E-state index in [1.807, 2.05) is 32.3 Å². The molecule has 3 nitrogen and oxygen atoms in total. The van der Waals surface area contributed by atoms with Gasteiger partial charge in [0.15, 0.2) is 0 Å². The summed E-state index contributed by atoms with van der Waals surface area (Å²) in [5, 5.41) is 0. The number of H-pyrrole nitrogens is 1. The quantitative estimate of drug-likeness (QED) is 0.659. The summed E-state index contributed by atoms with van der Waals surface area (Å²) in [5.41, 5.74) is 12.9. The SMILES string of the molecule is CC(C)(N)CCC(N)c1cc[nH]c1. The van der Waals surface area contributed by atoms with Crippen LogP contribution < -0.4 is 11.5 Å². The van der Waals surface area contributed by atoms with E-state index in [0.717, 1.165) is 18.4 Å². The smallest absolute Gasteiger partial charge is 0.0310 e. The zero-order valence-electron chi connectivity index (χ0n) is 8.38. The molecule has 0 radical (unpaired) electrons. The van der Waals surface area contributed by atoms with E-state index in [9.17, 15) is 0 Å². The molecular weight excluding hydrogens is 162 g/mol. The van der Waals surface area contributed by atoms with Crippen LogP contribution in [-0.4, -0.2) is 10.5 Å². The Hall–Kier alpha value is -0.800. The summed E-state index contributed by atoms with van der Waals surface area (Å²) in [7, 11) is 0. The van der Waals surface area contributed by atoms with Crippen molar-refractivity contribution < 1.29 is 0 Å². The van der Waals surface area contributed by atoms with Crippen LogP contribution in [0.1, 0.15) is 38.3 Å². The van der Waals surface area contributed by atoms with E-state index in [1.54, 1.807) is 0 Å². The molecule has 0 bridgehead atoms. The number of aromatic nitrogens is 1. The van der Waals surface area contributed by atoms with Crippen LogP contribution in [0.15, 0.2) is 18.5 Å². The van der Waals surface area contributed by atoms with E-state index in [2.05, 4.69) is 4.98 Å². The predicted octanol–water partition coefficient (Wildman–Crippen LogP) is 1.53. The van der Waals surface area contributed by atoms with Crippen molar-refractivity contribution in [1.82, 2.24) is 4.98 Å². The van der Waals surface area contributed by atoms with E-state index in [1.165, 1.54) is 0 Å². The van der Waals surface area contributed by atoms with Gasteiger partial charge in [-0.05, 0) is 38.3 Å². The molecular formula is C10H19N3. The normalized spacial score (nSPS) is 14.5. The largest absolute Gasteiger partial charge is 0.367 e. The van der Waals surface area contributed by atoms with Crippen LogP contribution in [0.2, 0.25) is 0 Å². The second-order valence-electron chi connectivity index (χ2n) is 4.28. The molecule has 5 N–H and O–H groups in total. The molecule has 0 fully saturated rings. The van der Waals surface area contributed by atoms with Gasteiger partial charge in [-0.2, -0.15) is 0 Å². The Morgan fingerprint density at radius 1 is 1.54 bits per heavy atom. The average molecular weight is 181 g/mol. The van der Waals surface area contributed by atoms with Gasteiger partial charge in [0.05, 0.1) is 0 Å². The van der Waals surface area contributed by atoms with Gasteiger partial charge in [0, 0.05) is 24.0 Å². The summed E-state index contributed by atoms with van der Waals surface area (Å²) in [6.45, 7) is 4.05. The molecule has 0 aliphatic rings. The first-order valence-electron chi connectivity index (χ1n) is 4.66. The van der Waals surface area contributed by atoms with Crippen LogP contribution in [-0.2, 0) is 0 Å². The third kappa shape index (κ3) is 3.61. The van der Waals surface area contributed by atoms with Crippen molar-refractivity contribution in [3.8, 4) is 0 Å². The topological polar surface area (TPSA) is 67.8 Å². The summed E-state index contributed by atoms with van der Waals surface area (Å²) in [4.78, 5) is 3.00. The molecule has 1 aromatic rings. The van der Waals surface area contributed by atoms with Crippen LogP contribution in [0, 0.1) is 0 Å². The highest BCUT2D eigenvalue weighted by molar-refractivity contribution is 5.13. The molecule has 1 rings (SSSR count). The van der Waals surface area contributed by atoms with Crippen molar-refractivity contribution in [2.45, 2.75) is 38.3 Å². The van der Waals surface area contributed by atoms with E-state index in [0.29, 0.717) is 0 Å². The summed E-state index contributed by atoms with van der Waals surface area (Å²) >= 11 is 0. The lowest BCUT2D eigenvalue weighted by Crippen LogP contribution is -2.32. The Labute approximate surface area is 79.5 Å². The third-order valence-electron chi connectivity index (χ3n) is 2.15. The Bertz CT molecular complexity index is 233. The van der Waals surface area contributed by atoms with Gasteiger partial charge in [0.25, 0.3) is 0 Å². The van der Waals surface area contributed by atoms with E-state index in [-0.39, 0.29) is 11.6 Å². The van der Waals surface area contributed by atoms with Gasteiger partial charge in [0.1, 0.15) is 0 Å². The van der Waals surface area contributed by atoms with Gasteiger partial charge in [-0.1, -0.05) is 0 Å². The molecule has 13 heavy (non-hydrogen) atoms. The predicted molar refractivity (Wildman–Crippen MR) is 55.2 cm³/mol. The molecule has 0 amide bonds. The molecule has 0 spiro atoms. The molecule has 0 saturated heterocycles. The second kappa shape index (κ2) is 3.94. The zero-order valence-corrected chi connectivity index (χ0v) is 8.38. The molecule has 0 aliphatic carbocycles. The standard InChI is InChI=1S/C10H19N3/c1-10(2,12)5-3-9(11)8-4-6-13-7-8/h4,6-7,9,13H,3,5,11-12H2,1-2H3. The maximum atomic E-state index is 5.97. The van der Waals surface area contributed by atoms with Crippen LogP contribution in [0.4, 0.5) is 0 Å². The fraction of sp³-hybridized carbons (Fsp3) is 0.600. The number of hydrogen-bond donors (Lipinski definition) is 3. The van der Waals surface area contributed by atoms with Crippen LogP contribution in [0.5, 0.6) is 0 Å². The van der Waals surface area contributed by atoms with Gasteiger partial charge in [-0.3, -0.25) is 0 Å². The van der Waals surface area contributed by atoms with Crippen molar-refractivity contribution in [2.75, 3.05) is 0 Å². The highest BCUT2D eigenvalue weighted by atomic mass is 14.7.